The van der Waals surface area contributed by atoms with Crippen molar-refractivity contribution in [1.82, 2.24) is 10.2 Å². The molecule has 4 aromatic rings. The third-order valence-electron chi connectivity index (χ3n) is 4.55. The van der Waals surface area contributed by atoms with Gasteiger partial charge in [0.25, 0.3) is 11.1 Å². The fourth-order valence-corrected chi connectivity index (χ4v) is 3.84. The Bertz CT molecular complexity index is 1200. The first-order chi connectivity index (χ1) is 15.6. The van der Waals surface area contributed by atoms with Crippen LogP contribution in [0, 0.1) is 0 Å². The van der Waals surface area contributed by atoms with Crippen molar-refractivity contribution in [3.63, 3.8) is 0 Å². The molecule has 0 fully saturated rings. The van der Waals surface area contributed by atoms with Crippen LogP contribution in [0.2, 0.25) is 5.02 Å². The number of anilines is 1. The number of thioether (sulfide) groups is 1. The lowest BCUT2D eigenvalue weighted by molar-refractivity contribution is -0.115. The summed E-state index contributed by atoms with van der Waals surface area (Å²) in [7, 11) is 0. The average molecular weight is 466 g/mol. The molecule has 0 aliphatic carbocycles. The molecule has 32 heavy (non-hydrogen) atoms. The predicted octanol–water partition coefficient (Wildman–Crippen LogP) is 6.09. The van der Waals surface area contributed by atoms with Crippen LogP contribution in [-0.4, -0.2) is 21.4 Å². The van der Waals surface area contributed by atoms with Crippen molar-refractivity contribution in [2.24, 2.45) is 0 Å². The van der Waals surface area contributed by atoms with Crippen LogP contribution in [0.25, 0.3) is 11.1 Å². The molecular weight excluding hydrogens is 446 g/mol. The number of benzene rings is 3. The molecule has 0 saturated carbocycles. The van der Waals surface area contributed by atoms with E-state index in [9.17, 15) is 4.79 Å². The third-order valence-corrected chi connectivity index (χ3v) is 5.80. The first-order valence-corrected chi connectivity index (χ1v) is 11.2. The molecule has 8 heteroatoms. The van der Waals surface area contributed by atoms with Gasteiger partial charge in [0, 0.05) is 11.3 Å². The summed E-state index contributed by atoms with van der Waals surface area (Å²) in [5.41, 5.74) is 2.73. The maximum absolute atomic E-state index is 12.8. The smallest absolute Gasteiger partial charge is 0.277 e. The number of carbonyl (C=O) groups excluding carboxylic acids is 1. The SMILES string of the molecule is C[C@H](Sc1nnc(COc2ccccc2Cl)o1)C(=O)Nc1ccccc1-c1ccccc1. The Kier molecular flexibility index (Phi) is 7.09. The number of rotatable bonds is 8. The van der Waals surface area contributed by atoms with E-state index in [1.807, 2.05) is 66.7 Å². The van der Waals surface area contributed by atoms with Crippen LogP contribution < -0.4 is 10.1 Å². The largest absolute Gasteiger partial charge is 0.482 e. The first-order valence-electron chi connectivity index (χ1n) is 9.92. The summed E-state index contributed by atoms with van der Waals surface area (Å²) >= 11 is 7.26. The van der Waals surface area contributed by atoms with Gasteiger partial charge in [-0.2, -0.15) is 0 Å². The summed E-state index contributed by atoms with van der Waals surface area (Å²) in [5.74, 6) is 0.672. The Morgan fingerprint density at radius 3 is 2.56 bits per heavy atom. The van der Waals surface area contributed by atoms with Gasteiger partial charge in [0.05, 0.1) is 10.3 Å². The molecule has 0 aliphatic heterocycles. The van der Waals surface area contributed by atoms with E-state index in [0.29, 0.717) is 21.9 Å². The molecule has 0 aliphatic rings. The van der Waals surface area contributed by atoms with Crippen LogP contribution in [0.5, 0.6) is 5.75 Å². The number of ether oxygens (including phenoxy) is 1. The van der Waals surface area contributed by atoms with E-state index in [0.717, 1.165) is 16.8 Å². The van der Waals surface area contributed by atoms with Crippen LogP contribution in [0.4, 0.5) is 5.69 Å². The number of nitrogens with one attached hydrogen (secondary N) is 1. The van der Waals surface area contributed by atoms with Crippen molar-refractivity contribution in [1.29, 1.82) is 0 Å². The zero-order valence-electron chi connectivity index (χ0n) is 17.2. The summed E-state index contributed by atoms with van der Waals surface area (Å²) in [5, 5.41) is 11.3. The molecular formula is C24H20ClN3O3S. The van der Waals surface area contributed by atoms with Crippen molar-refractivity contribution in [2.45, 2.75) is 24.0 Å². The Balaban J connectivity index is 1.36. The Morgan fingerprint density at radius 2 is 1.75 bits per heavy atom. The molecule has 6 nitrogen and oxygen atoms in total. The monoisotopic (exact) mass is 465 g/mol. The predicted molar refractivity (Wildman–Crippen MR) is 126 cm³/mol. The minimum Gasteiger partial charge on any atom is -0.482 e. The molecule has 1 amide bonds. The minimum absolute atomic E-state index is 0.0856. The molecule has 162 valence electrons. The third kappa shape index (κ3) is 5.49. The summed E-state index contributed by atoms with van der Waals surface area (Å²) in [6.07, 6.45) is 0. The van der Waals surface area contributed by atoms with Gasteiger partial charge in [-0.25, -0.2) is 0 Å². The second-order valence-electron chi connectivity index (χ2n) is 6.84. The minimum atomic E-state index is -0.448. The van der Waals surface area contributed by atoms with Gasteiger partial charge in [0.2, 0.25) is 5.91 Å². The molecule has 0 saturated heterocycles. The van der Waals surface area contributed by atoms with E-state index in [2.05, 4.69) is 15.5 Å². The lowest BCUT2D eigenvalue weighted by Gasteiger charge is -2.14. The van der Waals surface area contributed by atoms with Crippen LogP contribution in [0.3, 0.4) is 0 Å². The molecule has 0 spiro atoms. The van der Waals surface area contributed by atoms with Gasteiger partial charge in [-0.1, -0.05) is 84.0 Å². The molecule has 1 heterocycles. The maximum atomic E-state index is 12.8. The molecule has 0 bridgehead atoms. The van der Waals surface area contributed by atoms with Gasteiger partial charge in [-0.05, 0) is 30.7 Å². The number of hydrogen-bond acceptors (Lipinski definition) is 6. The van der Waals surface area contributed by atoms with Crippen LogP contribution >= 0.6 is 23.4 Å². The molecule has 0 radical (unpaired) electrons. The summed E-state index contributed by atoms with van der Waals surface area (Å²) in [6.45, 7) is 1.87. The van der Waals surface area contributed by atoms with Crippen molar-refractivity contribution in [3.05, 3.63) is 89.8 Å². The summed E-state index contributed by atoms with van der Waals surface area (Å²) < 4.78 is 11.2. The summed E-state index contributed by atoms with van der Waals surface area (Å²) in [4.78, 5) is 12.8. The summed E-state index contributed by atoms with van der Waals surface area (Å²) in [6, 6.07) is 24.8. The number of para-hydroxylation sites is 2. The highest BCUT2D eigenvalue weighted by molar-refractivity contribution is 8.00. The number of aromatic nitrogens is 2. The maximum Gasteiger partial charge on any atom is 0.277 e. The number of amides is 1. The van der Waals surface area contributed by atoms with E-state index in [-0.39, 0.29) is 12.5 Å². The van der Waals surface area contributed by atoms with Crippen LogP contribution in [-0.2, 0) is 11.4 Å². The highest BCUT2D eigenvalue weighted by Gasteiger charge is 2.20. The molecule has 1 aromatic heterocycles. The van der Waals surface area contributed by atoms with Crippen molar-refractivity contribution >= 4 is 35.0 Å². The van der Waals surface area contributed by atoms with Gasteiger partial charge in [-0.15, -0.1) is 10.2 Å². The fourth-order valence-electron chi connectivity index (χ4n) is 2.95. The van der Waals surface area contributed by atoms with E-state index >= 15 is 0 Å². The number of carbonyl (C=O) groups is 1. The van der Waals surface area contributed by atoms with Gasteiger partial charge in [0.1, 0.15) is 5.75 Å². The number of hydrogen-bond donors (Lipinski definition) is 1. The van der Waals surface area contributed by atoms with Gasteiger partial charge < -0.3 is 14.5 Å². The Labute approximate surface area is 195 Å². The van der Waals surface area contributed by atoms with Crippen LogP contribution in [0.1, 0.15) is 12.8 Å². The van der Waals surface area contributed by atoms with Crippen molar-refractivity contribution in [3.8, 4) is 16.9 Å². The fraction of sp³-hybridized carbons (Fsp3) is 0.125. The second-order valence-corrected chi connectivity index (χ2v) is 8.54. The van der Waals surface area contributed by atoms with E-state index < -0.39 is 5.25 Å². The molecule has 1 N–H and O–H groups in total. The Hall–Kier alpha value is -3.29. The highest BCUT2D eigenvalue weighted by Crippen LogP contribution is 2.29. The van der Waals surface area contributed by atoms with E-state index in [1.54, 1.807) is 19.1 Å². The molecule has 0 unspecified atom stereocenters. The second kappa shape index (κ2) is 10.3. The molecule has 3 aromatic carbocycles. The number of nitrogens with zero attached hydrogens (tertiary/aromatic N) is 2. The average Bonchev–Trinajstić information content (AvgIpc) is 3.26. The number of halogens is 1. The standard InChI is InChI=1S/C24H20ClN3O3S/c1-16(23(29)26-20-13-7-5-11-18(20)17-9-3-2-4-10-17)32-24-28-27-22(31-24)15-30-21-14-8-6-12-19(21)25/h2-14,16H,15H2,1H3,(H,26,29)/t16-/m0/s1. The van der Waals surface area contributed by atoms with E-state index in [4.69, 9.17) is 20.8 Å². The zero-order valence-corrected chi connectivity index (χ0v) is 18.8. The van der Waals surface area contributed by atoms with Crippen LogP contribution in [0.15, 0.2) is 88.5 Å². The lowest BCUT2D eigenvalue weighted by Crippen LogP contribution is -2.22. The quantitative estimate of drug-likeness (QED) is 0.317. The van der Waals surface area contributed by atoms with Gasteiger partial charge in [0.15, 0.2) is 6.61 Å². The van der Waals surface area contributed by atoms with Crippen molar-refractivity contribution in [2.75, 3.05) is 5.32 Å². The normalized spacial score (nSPS) is 11.7. The van der Waals surface area contributed by atoms with E-state index in [1.165, 1.54) is 11.8 Å². The lowest BCUT2D eigenvalue weighted by atomic mass is 10.0. The van der Waals surface area contributed by atoms with Crippen molar-refractivity contribution < 1.29 is 13.9 Å². The topological polar surface area (TPSA) is 77.2 Å². The first kappa shape index (κ1) is 21.9. The zero-order chi connectivity index (χ0) is 22.3. The van der Waals surface area contributed by atoms with Gasteiger partial charge >= 0.3 is 0 Å². The Morgan fingerprint density at radius 1 is 1.03 bits per heavy atom. The molecule has 1 atom stereocenters. The van der Waals surface area contributed by atoms with Gasteiger partial charge in [-0.3, -0.25) is 4.79 Å². The highest BCUT2D eigenvalue weighted by atomic mass is 35.5. The molecule has 4 rings (SSSR count).